The molecule has 0 spiro atoms. The Kier molecular flexibility index (Phi) is 6.18. The maximum absolute atomic E-state index is 11.2. The number of nitrogens with two attached hydrogens (primary N) is 1. The molecule has 4 nitrogen and oxygen atoms in total. The zero-order chi connectivity index (χ0) is 16.7. The summed E-state index contributed by atoms with van der Waals surface area (Å²) in [7, 11) is 0. The highest BCUT2D eigenvalue weighted by atomic mass is 16.5. The van der Waals surface area contributed by atoms with Crippen molar-refractivity contribution in [3.8, 4) is 16.9 Å². The van der Waals surface area contributed by atoms with Gasteiger partial charge in [-0.25, -0.2) is 0 Å². The van der Waals surface area contributed by atoms with E-state index in [2.05, 4.69) is 19.2 Å². The molecular formula is C19H24N2O2. The lowest BCUT2D eigenvalue weighted by molar-refractivity contribution is 0.100. The summed E-state index contributed by atoms with van der Waals surface area (Å²) in [6.45, 7) is 6.84. The molecule has 0 atom stereocenters. The van der Waals surface area contributed by atoms with E-state index in [9.17, 15) is 4.79 Å². The molecule has 0 fully saturated rings. The van der Waals surface area contributed by atoms with E-state index in [0.717, 1.165) is 30.0 Å². The minimum absolute atomic E-state index is 0.416. The summed E-state index contributed by atoms with van der Waals surface area (Å²) in [6, 6.07) is 15.2. The van der Waals surface area contributed by atoms with E-state index in [1.54, 1.807) is 12.1 Å². The van der Waals surface area contributed by atoms with Gasteiger partial charge < -0.3 is 15.8 Å². The van der Waals surface area contributed by atoms with Crippen molar-refractivity contribution in [2.75, 3.05) is 19.7 Å². The van der Waals surface area contributed by atoms with Crippen LogP contribution in [0, 0.1) is 5.92 Å². The first-order chi connectivity index (χ1) is 11.1. The van der Waals surface area contributed by atoms with E-state index < -0.39 is 5.91 Å². The molecular weight excluding hydrogens is 288 g/mol. The Bertz CT molecular complexity index is 636. The van der Waals surface area contributed by atoms with Gasteiger partial charge in [0.25, 0.3) is 0 Å². The number of hydrogen-bond acceptors (Lipinski definition) is 3. The van der Waals surface area contributed by atoms with E-state index in [4.69, 9.17) is 10.5 Å². The molecule has 0 saturated heterocycles. The van der Waals surface area contributed by atoms with Gasteiger partial charge in [0, 0.05) is 12.1 Å². The molecule has 2 aromatic carbocycles. The number of primary amides is 1. The lowest BCUT2D eigenvalue weighted by Crippen LogP contribution is -2.24. The second-order valence-electron chi connectivity index (χ2n) is 5.92. The zero-order valence-electron chi connectivity index (χ0n) is 13.7. The topological polar surface area (TPSA) is 64.3 Å². The van der Waals surface area contributed by atoms with Gasteiger partial charge in [-0.2, -0.15) is 0 Å². The molecule has 1 amide bonds. The van der Waals surface area contributed by atoms with Crippen LogP contribution in [-0.2, 0) is 0 Å². The van der Waals surface area contributed by atoms with Crippen LogP contribution in [0.4, 0.5) is 0 Å². The normalized spacial score (nSPS) is 10.7. The van der Waals surface area contributed by atoms with Crippen molar-refractivity contribution in [2.24, 2.45) is 11.7 Å². The Morgan fingerprint density at radius 2 is 1.87 bits per heavy atom. The second-order valence-corrected chi connectivity index (χ2v) is 5.92. The van der Waals surface area contributed by atoms with Crippen molar-refractivity contribution < 1.29 is 9.53 Å². The summed E-state index contributed by atoms with van der Waals surface area (Å²) in [6.07, 6.45) is 0. The molecule has 0 aromatic heterocycles. The van der Waals surface area contributed by atoms with Crippen LogP contribution in [0.3, 0.4) is 0 Å². The Morgan fingerprint density at radius 1 is 1.13 bits per heavy atom. The maximum atomic E-state index is 11.2. The van der Waals surface area contributed by atoms with Crippen LogP contribution in [0.2, 0.25) is 0 Å². The van der Waals surface area contributed by atoms with Gasteiger partial charge in [0.15, 0.2) is 0 Å². The lowest BCUT2D eigenvalue weighted by Gasteiger charge is -2.10. The largest absolute Gasteiger partial charge is 0.492 e. The zero-order valence-corrected chi connectivity index (χ0v) is 13.7. The van der Waals surface area contributed by atoms with Crippen LogP contribution in [0.15, 0.2) is 48.5 Å². The maximum Gasteiger partial charge on any atom is 0.248 e. The third kappa shape index (κ3) is 5.42. The van der Waals surface area contributed by atoms with Crippen molar-refractivity contribution in [2.45, 2.75) is 13.8 Å². The summed E-state index contributed by atoms with van der Waals surface area (Å²) in [5.74, 6) is 1.07. The number of carbonyl (C=O) groups is 1. The molecule has 0 unspecified atom stereocenters. The number of carbonyl (C=O) groups excluding carboxylic acids is 1. The van der Waals surface area contributed by atoms with Crippen LogP contribution >= 0.6 is 0 Å². The van der Waals surface area contributed by atoms with E-state index in [-0.39, 0.29) is 0 Å². The van der Waals surface area contributed by atoms with Gasteiger partial charge in [-0.3, -0.25) is 4.79 Å². The van der Waals surface area contributed by atoms with Crippen molar-refractivity contribution in [3.05, 3.63) is 54.1 Å². The van der Waals surface area contributed by atoms with Crippen molar-refractivity contribution in [3.63, 3.8) is 0 Å². The molecule has 23 heavy (non-hydrogen) atoms. The average Bonchev–Trinajstić information content (AvgIpc) is 2.55. The Morgan fingerprint density at radius 3 is 2.52 bits per heavy atom. The first kappa shape index (κ1) is 17.0. The number of hydrogen-bond donors (Lipinski definition) is 2. The highest BCUT2D eigenvalue weighted by Gasteiger charge is 2.03. The van der Waals surface area contributed by atoms with Crippen LogP contribution in [0.25, 0.3) is 11.1 Å². The fourth-order valence-corrected chi connectivity index (χ4v) is 2.23. The fourth-order valence-electron chi connectivity index (χ4n) is 2.23. The first-order valence-corrected chi connectivity index (χ1v) is 7.90. The van der Waals surface area contributed by atoms with Crippen LogP contribution in [0.1, 0.15) is 24.2 Å². The Hall–Kier alpha value is -2.33. The smallest absolute Gasteiger partial charge is 0.248 e. The molecule has 0 aliphatic carbocycles. The molecule has 0 heterocycles. The summed E-state index contributed by atoms with van der Waals surface area (Å²) in [5, 5.41) is 3.34. The standard InChI is InChI=1S/C19H24N2O2/c1-14(2)13-21-10-11-23-18-8-6-15(7-9-18)16-4-3-5-17(12-16)19(20)22/h3-9,12,14,21H,10-11,13H2,1-2H3,(H2,20,22). The summed E-state index contributed by atoms with van der Waals surface area (Å²) >= 11 is 0. The Labute approximate surface area is 137 Å². The first-order valence-electron chi connectivity index (χ1n) is 7.90. The van der Waals surface area contributed by atoms with Gasteiger partial charge in [0.1, 0.15) is 12.4 Å². The highest BCUT2D eigenvalue weighted by molar-refractivity contribution is 5.94. The van der Waals surface area contributed by atoms with Gasteiger partial charge in [0.05, 0.1) is 0 Å². The number of amides is 1. The molecule has 0 radical (unpaired) electrons. The predicted octanol–water partition coefficient (Wildman–Crippen LogP) is 3.08. The van der Waals surface area contributed by atoms with E-state index in [0.29, 0.717) is 18.1 Å². The Balaban J connectivity index is 1.92. The van der Waals surface area contributed by atoms with Crippen molar-refractivity contribution >= 4 is 5.91 Å². The highest BCUT2D eigenvalue weighted by Crippen LogP contribution is 2.23. The summed E-state index contributed by atoms with van der Waals surface area (Å²) in [5.41, 5.74) is 7.82. The fraction of sp³-hybridized carbons (Fsp3) is 0.316. The number of benzene rings is 2. The van der Waals surface area contributed by atoms with E-state index in [1.807, 2.05) is 36.4 Å². The summed E-state index contributed by atoms with van der Waals surface area (Å²) in [4.78, 5) is 11.2. The number of ether oxygens (including phenoxy) is 1. The van der Waals surface area contributed by atoms with Crippen LogP contribution in [-0.4, -0.2) is 25.6 Å². The number of rotatable bonds is 8. The summed E-state index contributed by atoms with van der Waals surface area (Å²) < 4.78 is 5.70. The quantitative estimate of drug-likeness (QED) is 0.736. The monoisotopic (exact) mass is 312 g/mol. The molecule has 0 bridgehead atoms. The lowest BCUT2D eigenvalue weighted by atomic mass is 10.0. The molecule has 2 rings (SSSR count). The minimum Gasteiger partial charge on any atom is -0.492 e. The van der Waals surface area contributed by atoms with Gasteiger partial charge in [0.2, 0.25) is 5.91 Å². The molecule has 0 aliphatic rings. The van der Waals surface area contributed by atoms with Gasteiger partial charge in [-0.1, -0.05) is 38.1 Å². The van der Waals surface area contributed by atoms with Crippen molar-refractivity contribution in [1.82, 2.24) is 5.32 Å². The predicted molar refractivity (Wildman–Crippen MR) is 93.6 cm³/mol. The molecule has 3 N–H and O–H groups in total. The van der Waals surface area contributed by atoms with Crippen LogP contribution in [0.5, 0.6) is 5.75 Å². The van der Waals surface area contributed by atoms with E-state index >= 15 is 0 Å². The van der Waals surface area contributed by atoms with Gasteiger partial charge in [-0.15, -0.1) is 0 Å². The minimum atomic E-state index is -0.416. The molecule has 0 aliphatic heterocycles. The second kappa shape index (κ2) is 8.34. The van der Waals surface area contributed by atoms with Crippen LogP contribution < -0.4 is 15.8 Å². The SMILES string of the molecule is CC(C)CNCCOc1ccc(-c2cccc(C(N)=O)c2)cc1. The van der Waals surface area contributed by atoms with Gasteiger partial charge >= 0.3 is 0 Å². The average molecular weight is 312 g/mol. The molecule has 2 aromatic rings. The third-order valence-corrected chi connectivity index (χ3v) is 3.43. The molecule has 122 valence electrons. The third-order valence-electron chi connectivity index (χ3n) is 3.43. The van der Waals surface area contributed by atoms with Crippen molar-refractivity contribution in [1.29, 1.82) is 0 Å². The van der Waals surface area contributed by atoms with Gasteiger partial charge in [-0.05, 0) is 47.9 Å². The number of nitrogens with one attached hydrogen (secondary N) is 1. The van der Waals surface area contributed by atoms with E-state index in [1.165, 1.54) is 0 Å². The molecule has 0 saturated carbocycles. The molecule has 4 heteroatoms.